The molecule has 0 amide bonds. The Hall–Kier alpha value is 0.270. The van der Waals surface area contributed by atoms with Crippen molar-refractivity contribution in [3.8, 4) is 0 Å². The monoisotopic (exact) mass is 261 g/mol. The molecule has 0 aliphatic heterocycles. The van der Waals surface area contributed by atoms with Gasteiger partial charge in [-0.05, 0) is 38.4 Å². The Morgan fingerprint density at radius 1 is 1.00 bits per heavy atom. The summed E-state index contributed by atoms with van der Waals surface area (Å²) in [6, 6.07) is 0. The summed E-state index contributed by atoms with van der Waals surface area (Å²) >= 11 is 2.01. The summed E-state index contributed by atoms with van der Waals surface area (Å²) in [5.74, 6) is 2.40. The summed E-state index contributed by atoms with van der Waals surface area (Å²) in [6.45, 7) is 16.1. The van der Waals surface area contributed by atoms with Gasteiger partial charge in [-0.1, -0.05) is 20.8 Å². The van der Waals surface area contributed by atoms with E-state index in [4.69, 9.17) is 4.74 Å². The van der Waals surface area contributed by atoms with E-state index in [9.17, 15) is 0 Å². The minimum absolute atomic E-state index is 0.246. The molecule has 2 nitrogen and oxygen atoms in total. The van der Waals surface area contributed by atoms with Crippen LogP contribution in [0.3, 0.4) is 0 Å². The third-order valence-electron chi connectivity index (χ3n) is 2.01. The first-order chi connectivity index (χ1) is 7.71. The van der Waals surface area contributed by atoms with Crippen LogP contribution in [-0.4, -0.2) is 36.8 Å². The Labute approximate surface area is 112 Å². The van der Waals surface area contributed by atoms with Crippen molar-refractivity contribution in [1.82, 2.24) is 5.32 Å². The molecule has 3 heteroatoms. The van der Waals surface area contributed by atoms with Crippen molar-refractivity contribution in [1.29, 1.82) is 0 Å². The van der Waals surface area contributed by atoms with Crippen LogP contribution in [0.5, 0.6) is 0 Å². The molecule has 0 unspecified atom stereocenters. The van der Waals surface area contributed by atoms with Crippen molar-refractivity contribution in [3.63, 3.8) is 0 Å². The molecular weight excluding hydrogens is 230 g/mol. The number of hydrogen-bond acceptors (Lipinski definition) is 3. The maximum Gasteiger partial charge on any atom is 0.0514 e. The first-order valence-corrected chi connectivity index (χ1v) is 7.77. The normalized spacial score (nSPS) is 13.1. The van der Waals surface area contributed by atoms with Crippen LogP contribution in [0, 0.1) is 5.41 Å². The predicted octanol–water partition coefficient (Wildman–Crippen LogP) is 3.56. The van der Waals surface area contributed by atoms with Crippen molar-refractivity contribution in [3.05, 3.63) is 0 Å². The van der Waals surface area contributed by atoms with Crippen LogP contribution in [0.1, 0.15) is 48.0 Å². The summed E-state index contributed by atoms with van der Waals surface area (Å²) in [6.07, 6.45) is 1.16. The van der Waals surface area contributed by atoms with Gasteiger partial charge in [-0.3, -0.25) is 0 Å². The SMILES string of the molecule is CC(C)(C)COCCCSCCNC(C)(C)C. The molecule has 1 N–H and O–H groups in total. The van der Waals surface area contributed by atoms with Crippen molar-refractivity contribution >= 4 is 11.8 Å². The first-order valence-electron chi connectivity index (χ1n) is 6.61. The second-order valence-corrected chi connectivity index (χ2v) is 7.98. The fourth-order valence-electron chi connectivity index (χ4n) is 1.24. The minimum atomic E-state index is 0.246. The van der Waals surface area contributed by atoms with Crippen LogP contribution >= 0.6 is 11.8 Å². The number of hydrogen-bond donors (Lipinski definition) is 1. The molecule has 0 bridgehead atoms. The van der Waals surface area contributed by atoms with Gasteiger partial charge in [0, 0.05) is 24.4 Å². The van der Waals surface area contributed by atoms with E-state index < -0.39 is 0 Å². The first kappa shape index (κ1) is 17.3. The van der Waals surface area contributed by atoms with Crippen LogP contribution in [0.15, 0.2) is 0 Å². The summed E-state index contributed by atoms with van der Waals surface area (Å²) in [7, 11) is 0. The van der Waals surface area contributed by atoms with Gasteiger partial charge in [0.15, 0.2) is 0 Å². The van der Waals surface area contributed by atoms with E-state index in [1.165, 1.54) is 11.5 Å². The zero-order chi connectivity index (χ0) is 13.4. The number of ether oxygens (including phenoxy) is 1. The fourth-order valence-corrected chi connectivity index (χ4v) is 2.01. The second-order valence-electron chi connectivity index (χ2n) is 6.76. The molecule has 0 aromatic carbocycles. The van der Waals surface area contributed by atoms with Crippen LogP contribution < -0.4 is 5.32 Å². The molecule has 104 valence electrons. The van der Waals surface area contributed by atoms with E-state index in [0.717, 1.165) is 26.2 Å². The summed E-state index contributed by atoms with van der Waals surface area (Å²) in [5, 5.41) is 3.49. The third-order valence-corrected chi connectivity index (χ3v) is 3.08. The lowest BCUT2D eigenvalue weighted by molar-refractivity contribution is 0.0722. The molecule has 0 aliphatic rings. The van der Waals surface area contributed by atoms with Gasteiger partial charge in [-0.2, -0.15) is 11.8 Å². The lowest BCUT2D eigenvalue weighted by atomic mass is 9.99. The summed E-state index contributed by atoms with van der Waals surface area (Å²) in [4.78, 5) is 0. The van der Waals surface area contributed by atoms with Crippen LogP contribution in [0.25, 0.3) is 0 Å². The molecule has 0 aliphatic carbocycles. The lowest BCUT2D eigenvalue weighted by Crippen LogP contribution is -2.37. The van der Waals surface area contributed by atoms with Gasteiger partial charge in [0.25, 0.3) is 0 Å². The molecule has 0 saturated carbocycles. The van der Waals surface area contributed by atoms with Gasteiger partial charge < -0.3 is 10.1 Å². The third kappa shape index (κ3) is 16.3. The smallest absolute Gasteiger partial charge is 0.0514 e. The van der Waals surface area contributed by atoms with Gasteiger partial charge in [0.1, 0.15) is 0 Å². The van der Waals surface area contributed by atoms with Gasteiger partial charge >= 0.3 is 0 Å². The largest absolute Gasteiger partial charge is 0.381 e. The molecule has 0 saturated heterocycles. The average Bonchev–Trinajstić information content (AvgIpc) is 2.11. The van der Waals surface area contributed by atoms with Gasteiger partial charge in [-0.25, -0.2) is 0 Å². The van der Waals surface area contributed by atoms with Crippen molar-refractivity contribution in [2.75, 3.05) is 31.3 Å². The quantitative estimate of drug-likeness (QED) is 0.675. The standard InChI is InChI=1S/C14H31NOS/c1-13(2,3)12-16-9-7-10-17-11-8-15-14(4,5)6/h15H,7-12H2,1-6H3. The molecule has 0 rings (SSSR count). The topological polar surface area (TPSA) is 21.3 Å². The van der Waals surface area contributed by atoms with Crippen LogP contribution in [-0.2, 0) is 4.74 Å². The van der Waals surface area contributed by atoms with Crippen LogP contribution in [0.2, 0.25) is 0 Å². The highest BCUT2D eigenvalue weighted by atomic mass is 32.2. The number of nitrogens with one attached hydrogen (secondary N) is 1. The Kier molecular flexibility index (Phi) is 8.52. The molecule has 0 fully saturated rings. The molecule has 0 heterocycles. The lowest BCUT2D eigenvalue weighted by Gasteiger charge is -2.20. The van der Waals surface area contributed by atoms with E-state index in [0.29, 0.717) is 5.41 Å². The number of rotatable bonds is 8. The summed E-state index contributed by atoms with van der Waals surface area (Å²) in [5.41, 5.74) is 0.542. The van der Waals surface area contributed by atoms with E-state index in [-0.39, 0.29) is 5.54 Å². The minimum Gasteiger partial charge on any atom is -0.381 e. The van der Waals surface area contributed by atoms with E-state index >= 15 is 0 Å². The van der Waals surface area contributed by atoms with Crippen molar-refractivity contribution < 1.29 is 4.74 Å². The molecule has 0 aromatic rings. The van der Waals surface area contributed by atoms with Crippen molar-refractivity contribution in [2.45, 2.75) is 53.5 Å². The maximum atomic E-state index is 5.63. The Morgan fingerprint density at radius 3 is 2.18 bits per heavy atom. The second kappa shape index (κ2) is 8.39. The Bertz CT molecular complexity index is 162. The Morgan fingerprint density at radius 2 is 1.65 bits per heavy atom. The molecule has 0 spiro atoms. The highest BCUT2D eigenvalue weighted by Gasteiger charge is 2.09. The van der Waals surface area contributed by atoms with E-state index in [1.54, 1.807) is 0 Å². The zero-order valence-corrected chi connectivity index (χ0v) is 13.4. The average molecular weight is 261 g/mol. The molecular formula is C14H31NOS. The summed E-state index contributed by atoms with van der Waals surface area (Å²) < 4.78 is 5.63. The van der Waals surface area contributed by atoms with Gasteiger partial charge in [0.2, 0.25) is 0 Å². The molecule has 0 atom stereocenters. The predicted molar refractivity (Wildman–Crippen MR) is 80.0 cm³/mol. The number of thioether (sulfide) groups is 1. The molecule has 17 heavy (non-hydrogen) atoms. The van der Waals surface area contributed by atoms with Gasteiger partial charge in [-0.15, -0.1) is 0 Å². The van der Waals surface area contributed by atoms with E-state index in [2.05, 4.69) is 46.9 Å². The molecule has 0 aromatic heterocycles. The van der Waals surface area contributed by atoms with Gasteiger partial charge in [0.05, 0.1) is 6.61 Å². The zero-order valence-electron chi connectivity index (χ0n) is 12.6. The van der Waals surface area contributed by atoms with E-state index in [1.807, 2.05) is 11.8 Å². The fraction of sp³-hybridized carbons (Fsp3) is 1.00. The Balaban J connectivity index is 3.15. The van der Waals surface area contributed by atoms with Crippen LogP contribution in [0.4, 0.5) is 0 Å². The maximum absolute atomic E-state index is 5.63. The molecule has 0 radical (unpaired) electrons. The van der Waals surface area contributed by atoms with Crippen molar-refractivity contribution in [2.24, 2.45) is 5.41 Å². The highest BCUT2D eigenvalue weighted by molar-refractivity contribution is 7.99. The highest BCUT2D eigenvalue weighted by Crippen LogP contribution is 2.13.